The van der Waals surface area contributed by atoms with Crippen LogP contribution in [0.4, 0.5) is 0 Å². The Labute approximate surface area is 157 Å². The molecule has 3 rings (SSSR count). The van der Waals surface area contributed by atoms with E-state index in [2.05, 4.69) is 34.7 Å². The molecule has 136 valence electrons. The summed E-state index contributed by atoms with van der Waals surface area (Å²) in [7, 11) is 0. The van der Waals surface area contributed by atoms with Crippen molar-refractivity contribution in [2.75, 3.05) is 13.2 Å². The second-order valence-corrected chi connectivity index (χ2v) is 7.38. The van der Waals surface area contributed by atoms with E-state index in [4.69, 9.17) is 4.74 Å². The maximum atomic E-state index is 12.5. The van der Waals surface area contributed by atoms with Gasteiger partial charge in [-0.2, -0.15) is 4.99 Å². The number of benzene rings is 2. The van der Waals surface area contributed by atoms with Crippen LogP contribution in [-0.4, -0.2) is 23.7 Å². The molecular weight excluding hydrogens is 344 g/mol. The molecule has 4 nitrogen and oxygen atoms in total. The molecule has 26 heavy (non-hydrogen) atoms. The van der Waals surface area contributed by atoms with Crippen molar-refractivity contribution < 1.29 is 9.53 Å². The van der Waals surface area contributed by atoms with E-state index in [0.29, 0.717) is 26.2 Å². The largest absolute Gasteiger partial charge is 0.380 e. The second kappa shape index (κ2) is 8.43. The molecule has 0 aliphatic rings. The summed E-state index contributed by atoms with van der Waals surface area (Å²) in [5, 5.41) is 0. The zero-order valence-corrected chi connectivity index (χ0v) is 16.3. The van der Waals surface area contributed by atoms with Gasteiger partial charge in [0.05, 0.1) is 23.2 Å². The van der Waals surface area contributed by atoms with Gasteiger partial charge in [0, 0.05) is 13.2 Å². The molecule has 0 spiro atoms. The van der Waals surface area contributed by atoms with Crippen LogP contribution in [0.5, 0.6) is 0 Å². The summed E-state index contributed by atoms with van der Waals surface area (Å²) in [6, 6.07) is 14.3. The van der Waals surface area contributed by atoms with Crippen LogP contribution in [0.25, 0.3) is 10.2 Å². The molecule has 1 aromatic heterocycles. The molecule has 0 saturated carbocycles. The number of rotatable bonds is 6. The number of fused-ring (bicyclic) bond motifs is 1. The lowest BCUT2D eigenvalue weighted by molar-refractivity contribution is -0.117. The Morgan fingerprint density at radius 3 is 2.58 bits per heavy atom. The first kappa shape index (κ1) is 18.5. The topological polar surface area (TPSA) is 43.6 Å². The van der Waals surface area contributed by atoms with E-state index in [-0.39, 0.29) is 5.91 Å². The van der Waals surface area contributed by atoms with E-state index in [1.165, 1.54) is 11.1 Å². The SMILES string of the molecule is CCOCCn1c(=NC(=O)Cc2ccc(C)cc2)sc2cc(C)ccc21. The van der Waals surface area contributed by atoms with Crippen molar-refractivity contribution in [3.8, 4) is 0 Å². The number of hydrogen-bond acceptors (Lipinski definition) is 3. The van der Waals surface area contributed by atoms with Gasteiger partial charge in [0.25, 0.3) is 5.91 Å². The maximum Gasteiger partial charge on any atom is 0.252 e. The van der Waals surface area contributed by atoms with Crippen molar-refractivity contribution in [2.24, 2.45) is 4.99 Å². The Kier molecular flexibility index (Phi) is 6.01. The molecule has 3 aromatic rings. The van der Waals surface area contributed by atoms with Crippen molar-refractivity contribution in [1.29, 1.82) is 0 Å². The molecule has 0 radical (unpaired) electrons. The van der Waals surface area contributed by atoms with Crippen molar-refractivity contribution in [3.05, 3.63) is 64.0 Å². The van der Waals surface area contributed by atoms with Gasteiger partial charge in [0.2, 0.25) is 0 Å². The van der Waals surface area contributed by atoms with Gasteiger partial charge in [-0.3, -0.25) is 4.79 Å². The number of aryl methyl sites for hydroxylation is 2. The standard InChI is InChI=1S/C21H24N2O2S/c1-4-25-12-11-23-18-10-7-16(3)13-19(18)26-21(23)22-20(24)14-17-8-5-15(2)6-9-17/h5-10,13H,4,11-12,14H2,1-3H3. The fourth-order valence-corrected chi connectivity index (χ4v) is 3.98. The summed E-state index contributed by atoms with van der Waals surface area (Å²) in [6.45, 7) is 8.07. The number of amides is 1. The lowest BCUT2D eigenvalue weighted by atomic mass is 10.1. The van der Waals surface area contributed by atoms with Crippen LogP contribution in [0, 0.1) is 13.8 Å². The van der Waals surface area contributed by atoms with Crippen LogP contribution >= 0.6 is 11.3 Å². The van der Waals surface area contributed by atoms with Gasteiger partial charge in [-0.05, 0) is 44.0 Å². The van der Waals surface area contributed by atoms with Crippen molar-refractivity contribution in [3.63, 3.8) is 0 Å². The van der Waals surface area contributed by atoms with E-state index in [1.54, 1.807) is 11.3 Å². The van der Waals surface area contributed by atoms with Gasteiger partial charge in [-0.25, -0.2) is 0 Å². The first-order valence-electron chi connectivity index (χ1n) is 8.87. The van der Waals surface area contributed by atoms with Gasteiger partial charge < -0.3 is 9.30 Å². The number of carbonyl (C=O) groups excluding carboxylic acids is 1. The van der Waals surface area contributed by atoms with Crippen molar-refractivity contribution in [1.82, 2.24) is 4.57 Å². The van der Waals surface area contributed by atoms with Crippen molar-refractivity contribution >= 4 is 27.5 Å². The summed E-state index contributed by atoms with van der Waals surface area (Å²) < 4.78 is 8.73. The second-order valence-electron chi connectivity index (χ2n) is 6.37. The van der Waals surface area contributed by atoms with Gasteiger partial charge in [0.1, 0.15) is 0 Å². The molecule has 0 aliphatic heterocycles. The molecule has 0 saturated heterocycles. The fourth-order valence-electron chi connectivity index (χ4n) is 2.81. The minimum Gasteiger partial charge on any atom is -0.380 e. The Balaban J connectivity index is 1.93. The smallest absolute Gasteiger partial charge is 0.252 e. The number of nitrogens with zero attached hydrogens (tertiary/aromatic N) is 2. The average molecular weight is 369 g/mol. The average Bonchev–Trinajstić information content (AvgIpc) is 2.93. The van der Waals surface area contributed by atoms with Gasteiger partial charge in [-0.15, -0.1) is 0 Å². The summed E-state index contributed by atoms with van der Waals surface area (Å²) in [5.74, 6) is -0.123. The summed E-state index contributed by atoms with van der Waals surface area (Å²) in [4.78, 5) is 17.6. The zero-order chi connectivity index (χ0) is 18.5. The summed E-state index contributed by atoms with van der Waals surface area (Å²) in [5.41, 5.74) is 4.48. The fraction of sp³-hybridized carbons (Fsp3) is 0.333. The molecule has 0 atom stereocenters. The van der Waals surface area contributed by atoms with Crippen LogP contribution in [0.1, 0.15) is 23.6 Å². The highest BCUT2D eigenvalue weighted by Gasteiger charge is 2.09. The molecule has 2 aromatic carbocycles. The summed E-state index contributed by atoms with van der Waals surface area (Å²) >= 11 is 1.56. The van der Waals surface area contributed by atoms with Crippen LogP contribution in [0.2, 0.25) is 0 Å². The van der Waals surface area contributed by atoms with Crippen LogP contribution in [0.3, 0.4) is 0 Å². The zero-order valence-electron chi connectivity index (χ0n) is 15.5. The first-order chi connectivity index (χ1) is 12.6. The highest BCUT2D eigenvalue weighted by Crippen LogP contribution is 2.19. The van der Waals surface area contributed by atoms with E-state index in [1.807, 2.05) is 38.1 Å². The summed E-state index contributed by atoms with van der Waals surface area (Å²) in [6.07, 6.45) is 0.318. The Bertz CT molecular complexity index is 968. The first-order valence-corrected chi connectivity index (χ1v) is 9.69. The molecule has 1 amide bonds. The molecule has 0 aliphatic carbocycles. The Hall–Kier alpha value is -2.24. The van der Waals surface area contributed by atoms with E-state index in [0.717, 1.165) is 20.6 Å². The van der Waals surface area contributed by atoms with Gasteiger partial charge >= 0.3 is 0 Å². The minimum absolute atomic E-state index is 0.123. The van der Waals surface area contributed by atoms with E-state index >= 15 is 0 Å². The number of carbonyl (C=O) groups is 1. The Morgan fingerprint density at radius 2 is 1.85 bits per heavy atom. The van der Waals surface area contributed by atoms with Crippen LogP contribution < -0.4 is 4.80 Å². The highest BCUT2D eigenvalue weighted by atomic mass is 32.1. The number of thiazole rings is 1. The third kappa shape index (κ3) is 4.48. The third-order valence-electron chi connectivity index (χ3n) is 4.20. The van der Waals surface area contributed by atoms with Crippen LogP contribution in [-0.2, 0) is 22.5 Å². The predicted octanol–water partition coefficient (Wildman–Crippen LogP) is 4.03. The molecule has 5 heteroatoms. The molecule has 0 unspecified atom stereocenters. The lowest BCUT2D eigenvalue weighted by Crippen LogP contribution is -2.20. The highest BCUT2D eigenvalue weighted by molar-refractivity contribution is 7.16. The molecule has 0 fully saturated rings. The normalized spacial score (nSPS) is 12.0. The molecule has 0 bridgehead atoms. The van der Waals surface area contributed by atoms with Crippen molar-refractivity contribution in [2.45, 2.75) is 33.7 Å². The quantitative estimate of drug-likeness (QED) is 0.617. The van der Waals surface area contributed by atoms with Crippen LogP contribution in [0.15, 0.2) is 47.5 Å². The van der Waals surface area contributed by atoms with E-state index in [9.17, 15) is 4.79 Å². The molecule has 1 heterocycles. The minimum atomic E-state index is -0.123. The number of ether oxygens (including phenoxy) is 1. The molecular formula is C21H24N2O2S. The lowest BCUT2D eigenvalue weighted by Gasteiger charge is -2.05. The monoisotopic (exact) mass is 368 g/mol. The van der Waals surface area contributed by atoms with E-state index < -0.39 is 0 Å². The maximum absolute atomic E-state index is 12.5. The Morgan fingerprint density at radius 1 is 1.12 bits per heavy atom. The predicted molar refractivity (Wildman–Crippen MR) is 106 cm³/mol. The van der Waals surface area contributed by atoms with Gasteiger partial charge in [0.15, 0.2) is 4.80 Å². The third-order valence-corrected chi connectivity index (χ3v) is 5.24. The number of hydrogen-bond donors (Lipinski definition) is 0. The molecule has 0 N–H and O–H groups in total. The number of aromatic nitrogens is 1. The van der Waals surface area contributed by atoms with Gasteiger partial charge in [-0.1, -0.05) is 47.2 Å².